The molecule has 0 aliphatic heterocycles. The molecule has 116 valence electrons. The van der Waals surface area contributed by atoms with E-state index in [2.05, 4.69) is 15.4 Å². The van der Waals surface area contributed by atoms with Crippen molar-refractivity contribution in [3.63, 3.8) is 0 Å². The maximum atomic E-state index is 11.7. The Balaban J connectivity index is 2.21. The summed E-state index contributed by atoms with van der Waals surface area (Å²) in [5.74, 6) is -2.30. The van der Waals surface area contributed by atoms with E-state index in [4.69, 9.17) is 16.7 Å². The number of carbonyl (C=O) groups excluding carboxylic acids is 1. The van der Waals surface area contributed by atoms with Crippen molar-refractivity contribution in [3.05, 3.63) is 40.8 Å². The summed E-state index contributed by atoms with van der Waals surface area (Å²) in [4.78, 5) is 26.9. The van der Waals surface area contributed by atoms with Crippen LogP contribution in [-0.4, -0.2) is 31.7 Å². The van der Waals surface area contributed by atoms with Gasteiger partial charge in [-0.25, -0.2) is 9.67 Å². The summed E-state index contributed by atoms with van der Waals surface area (Å²) in [6, 6.07) is 3.61. The number of carbonyl (C=O) groups is 2. The number of aliphatic carboxylic acids is 1. The van der Waals surface area contributed by atoms with Gasteiger partial charge < -0.3 is 10.4 Å². The average molecular weight is 323 g/mol. The smallest absolute Gasteiger partial charge is 0.315 e. The van der Waals surface area contributed by atoms with Crippen LogP contribution < -0.4 is 5.32 Å². The van der Waals surface area contributed by atoms with Gasteiger partial charge in [0.2, 0.25) is 5.91 Å². The number of nitrogens with one attached hydrogen (secondary N) is 1. The number of carboxylic acids is 1. The number of hydrogen-bond acceptors (Lipinski definition) is 4. The Kier molecular flexibility index (Phi) is 4.77. The highest BCUT2D eigenvalue weighted by Crippen LogP contribution is 2.15. The van der Waals surface area contributed by atoms with Crippen molar-refractivity contribution >= 4 is 23.5 Å². The zero-order chi connectivity index (χ0) is 16.3. The van der Waals surface area contributed by atoms with Crippen LogP contribution in [0.15, 0.2) is 24.5 Å². The maximum Gasteiger partial charge on any atom is 0.315 e. The van der Waals surface area contributed by atoms with Crippen molar-refractivity contribution in [3.8, 4) is 5.82 Å². The molecule has 0 spiro atoms. The number of amides is 1. The van der Waals surface area contributed by atoms with E-state index in [9.17, 15) is 9.59 Å². The van der Waals surface area contributed by atoms with E-state index in [-0.39, 0.29) is 6.54 Å². The summed E-state index contributed by atoms with van der Waals surface area (Å²) in [5, 5.41) is 16.0. The van der Waals surface area contributed by atoms with Gasteiger partial charge >= 0.3 is 5.97 Å². The fourth-order valence-corrected chi connectivity index (χ4v) is 1.91. The molecule has 0 saturated carbocycles. The predicted octanol–water partition coefficient (Wildman–Crippen LogP) is 1.57. The second-order valence-electron chi connectivity index (χ2n) is 4.82. The summed E-state index contributed by atoms with van der Waals surface area (Å²) in [7, 11) is 0. The Morgan fingerprint density at radius 2 is 2.18 bits per heavy atom. The van der Waals surface area contributed by atoms with Crippen LogP contribution >= 0.6 is 11.6 Å². The molecule has 0 bridgehead atoms. The Morgan fingerprint density at radius 1 is 1.45 bits per heavy atom. The molecule has 2 rings (SSSR count). The largest absolute Gasteiger partial charge is 0.481 e. The van der Waals surface area contributed by atoms with E-state index in [1.54, 1.807) is 18.3 Å². The van der Waals surface area contributed by atoms with Crippen molar-refractivity contribution in [2.75, 3.05) is 0 Å². The van der Waals surface area contributed by atoms with Crippen LogP contribution in [0, 0.1) is 12.8 Å². The third-order valence-corrected chi connectivity index (χ3v) is 3.28. The summed E-state index contributed by atoms with van der Waals surface area (Å²) >= 11 is 5.86. The van der Waals surface area contributed by atoms with Crippen molar-refractivity contribution in [2.45, 2.75) is 20.4 Å². The van der Waals surface area contributed by atoms with E-state index in [1.807, 2.05) is 6.92 Å². The molecule has 0 aromatic carbocycles. The SMILES string of the molecule is Cc1ccc(CNC(=O)C(C)C(=O)O)c(-n2cc(Cl)cn2)n1. The normalized spacial score (nSPS) is 12.0. The summed E-state index contributed by atoms with van der Waals surface area (Å²) in [6.45, 7) is 3.32. The topological polar surface area (TPSA) is 97.1 Å². The molecule has 2 N–H and O–H groups in total. The number of aromatic nitrogens is 3. The number of nitrogens with zero attached hydrogens (tertiary/aromatic N) is 3. The molecule has 0 aliphatic carbocycles. The maximum absolute atomic E-state index is 11.7. The summed E-state index contributed by atoms with van der Waals surface area (Å²) in [5.41, 5.74) is 1.49. The summed E-state index contributed by atoms with van der Waals surface area (Å²) < 4.78 is 1.51. The van der Waals surface area contributed by atoms with Crippen LogP contribution in [0.4, 0.5) is 0 Å². The molecule has 8 heteroatoms. The van der Waals surface area contributed by atoms with Crippen molar-refractivity contribution in [1.82, 2.24) is 20.1 Å². The van der Waals surface area contributed by atoms with Gasteiger partial charge in [0.1, 0.15) is 5.92 Å². The van der Waals surface area contributed by atoms with E-state index in [1.165, 1.54) is 17.8 Å². The molecule has 1 atom stereocenters. The van der Waals surface area contributed by atoms with Gasteiger partial charge in [-0.2, -0.15) is 5.10 Å². The standard InChI is InChI=1S/C14H15ClN4O3/c1-8-3-4-10(5-16-13(20)9(2)14(21)22)12(18-8)19-7-11(15)6-17-19/h3-4,6-7,9H,5H2,1-2H3,(H,16,20)(H,21,22). The van der Waals surface area contributed by atoms with Gasteiger partial charge in [-0.05, 0) is 19.9 Å². The molecular weight excluding hydrogens is 308 g/mol. The Morgan fingerprint density at radius 3 is 2.77 bits per heavy atom. The first-order valence-corrected chi connectivity index (χ1v) is 6.94. The minimum atomic E-state index is -1.17. The van der Waals surface area contributed by atoms with Gasteiger partial charge in [0.15, 0.2) is 5.82 Å². The number of hydrogen-bond donors (Lipinski definition) is 2. The highest BCUT2D eigenvalue weighted by atomic mass is 35.5. The van der Waals surface area contributed by atoms with Crippen LogP contribution in [0.1, 0.15) is 18.2 Å². The van der Waals surface area contributed by atoms with Crippen molar-refractivity contribution in [1.29, 1.82) is 0 Å². The lowest BCUT2D eigenvalue weighted by Gasteiger charge is -2.12. The molecule has 7 nitrogen and oxygen atoms in total. The van der Waals surface area contributed by atoms with Crippen LogP contribution in [0.2, 0.25) is 5.02 Å². The molecule has 2 aromatic rings. The first kappa shape index (κ1) is 16.0. The zero-order valence-corrected chi connectivity index (χ0v) is 12.8. The third kappa shape index (κ3) is 3.62. The monoisotopic (exact) mass is 322 g/mol. The predicted molar refractivity (Wildman–Crippen MR) is 79.8 cm³/mol. The second-order valence-corrected chi connectivity index (χ2v) is 5.25. The van der Waals surface area contributed by atoms with Gasteiger partial charge in [-0.15, -0.1) is 0 Å². The lowest BCUT2D eigenvalue weighted by molar-refractivity contribution is -0.146. The molecule has 0 saturated heterocycles. The van der Waals surface area contributed by atoms with E-state index in [0.29, 0.717) is 16.4 Å². The molecule has 1 amide bonds. The van der Waals surface area contributed by atoms with Crippen LogP contribution in [0.25, 0.3) is 5.82 Å². The fraction of sp³-hybridized carbons (Fsp3) is 0.286. The molecular formula is C14H15ClN4O3. The van der Waals surface area contributed by atoms with Crippen LogP contribution in [0.3, 0.4) is 0 Å². The first-order valence-electron chi connectivity index (χ1n) is 6.56. The number of halogens is 1. The number of aryl methyl sites for hydroxylation is 1. The minimum Gasteiger partial charge on any atom is -0.481 e. The van der Waals surface area contributed by atoms with E-state index < -0.39 is 17.8 Å². The van der Waals surface area contributed by atoms with Crippen molar-refractivity contribution < 1.29 is 14.7 Å². The lowest BCUT2D eigenvalue weighted by atomic mass is 10.1. The van der Waals surface area contributed by atoms with Gasteiger partial charge in [-0.3, -0.25) is 9.59 Å². The lowest BCUT2D eigenvalue weighted by Crippen LogP contribution is -2.33. The molecule has 1 unspecified atom stereocenters. The van der Waals surface area contributed by atoms with Crippen LogP contribution in [0.5, 0.6) is 0 Å². The van der Waals surface area contributed by atoms with E-state index in [0.717, 1.165) is 5.69 Å². The van der Waals surface area contributed by atoms with E-state index >= 15 is 0 Å². The second kappa shape index (κ2) is 6.57. The van der Waals surface area contributed by atoms with Gasteiger partial charge in [-0.1, -0.05) is 17.7 Å². The minimum absolute atomic E-state index is 0.149. The Bertz CT molecular complexity index is 714. The fourth-order valence-electron chi connectivity index (χ4n) is 1.77. The van der Waals surface area contributed by atoms with Gasteiger partial charge in [0, 0.05) is 17.8 Å². The molecule has 2 heterocycles. The van der Waals surface area contributed by atoms with Crippen molar-refractivity contribution in [2.24, 2.45) is 5.92 Å². The molecule has 0 aliphatic rings. The number of rotatable bonds is 5. The number of carboxylic acid groups (broad SMARTS) is 1. The van der Waals surface area contributed by atoms with Crippen LogP contribution in [-0.2, 0) is 16.1 Å². The van der Waals surface area contributed by atoms with Gasteiger partial charge in [0.05, 0.1) is 17.4 Å². The highest BCUT2D eigenvalue weighted by Gasteiger charge is 2.20. The molecule has 2 aromatic heterocycles. The molecule has 22 heavy (non-hydrogen) atoms. The molecule has 0 radical (unpaired) electrons. The number of pyridine rings is 1. The quantitative estimate of drug-likeness (QED) is 0.814. The zero-order valence-electron chi connectivity index (χ0n) is 12.1. The Hall–Kier alpha value is -2.41. The first-order chi connectivity index (χ1) is 10.4. The summed E-state index contributed by atoms with van der Waals surface area (Å²) in [6.07, 6.45) is 3.09. The highest BCUT2D eigenvalue weighted by molar-refractivity contribution is 6.30. The Labute approximate surface area is 131 Å². The van der Waals surface area contributed by atoms with Gasteiger partial charge in [0.25, 0.3) is 0 Å². The molecule has 0 fully saturated rings. The average Bonchev–Trinajstić information content (AvgIpc) is 2.91. The third-order valence-electron chi connectivity index (χ3n) is 3.08.